The molecule has 0 fully saturated rings. The zero-order valence-corrected chi connectivity index (χ0v) is 9.11. The van der Waals surface area contributed by atoms with Gasteiger partial charge in [-0.3, -0.25) is 4.79 Å². The maximum absolute atomic E-state index is 13.1. The molecule has 1 aromatic rings. The SMILES string of the molecule is NNOC(=O)CCOc1c(F)c(F)c(F)c(F)c1F. The van der Waals surface area contributed by atoms with Crippen LogP contribution in [0.4, 0.5) is 22.0 Å². The molecular weight excluding hydrogens is 279 g/mol. The minimum atomic E-state index is -2.30. The molecule has 3 N–H and O–H groups in total. The van der Waals surface area contributed by atoms with Crippen LogP contribution < -0.4 is 16.2 Å². The van der Waals surface area contributed by atoms with Crippen LogP contribution in [-0.2, 0) is 9.63 Å². The zero-order chi connectivity index (χ0) is 14.6. The van der Waals surface area contributed by atoms with Crippen molar-refractivity contribution in [2.24, 2.45) is 5.84 Å². The fourth-order valence-corrected chi connectivity index (χ4v) is 1.06. The fourth-order valence-electron chi connectivity index (χ4n) is 1.06. The Morgan fingerprint density at radius 2 is 1.47 bits per heavy atom. The van der Waals surface area contributed by atoms with Gasteiger partial charge in [-0.2, -0.15) is 8.78 Å². The highest BCUT2D eigenvalue weighted by Gasteiger charge is 2.27. The number of benzene rings is 1. The van der Waals surface area contributed by atoms with Crippen molar-refractivity contribution in [2.45, 2.75) is 6.42 Å². The van der Waals surface area contributed by atoms with Gasteiger partial charge in [0.05, 0.1) is 13.0 Å². The summed E-state index contributed by atoms with van der Waals surface area (Å²) in [5.74, 6) is -8.62. The molecule has 10 heteroatoms. The summed E-state index contributed by atoms with van der Waals surface area (Å²) in [6.07, 6.45) is -0.524. The van der Waals surface area contributed by atoms with Crippen LogP contribution in [0.25, 0.3) is 0 Å². The Balaban J connectivity index is 2.82. The maximum atomic E-state index is 13.1. The molecular formula is C9H7F5N2O3. The molecule has 0 amide bonds. The van der Waals surface area contributed by atoms with Crippen LogP contribution in [0.3, 0.4) is 0 Å². The van der Waals surface area contributed by atoms with Gasteiger partial charge >= 0.3 is 5.97 Å². The molecule has 0 saturated heterocycles. The quantitative estimate of drug-likeness (QED) is 0.278. The molecule has 5 nitrogen and oxygen atoms in total. The summed E-state index contributed by atoms with van der Waals surface area (Å²) in [6.45, 7) is -0.668. The molecule has 0 saturated carbocycles. The lowest BCUT2D eigenvalue weighted by atomic mass is 10.2. The van der Waals surface area contributed by atoms with E-state index in [1.165, 1.54) is 0 Å². The van der Waals surface area contributed by atoms with Gasteiger partial charge in [0, 0.05) is 0 Å². The van der Waals surface area contributed by atoms with Crippen molar-refractivity contribution in [2.75, 3.05) is 6.61 Å². The Morgan fingerprint density at radius 3 is 1.95 bits per heavy atom. The highest BCUT2D eigenvalue weighted by atomic mass is 19.2. The van der Waals surface area contributed by atoms with Crippen molar-refractivity contribution in [1.29, 1.82) is 0 Å². The highest BCUT2D eigenvalue weighted by Crippen LogP contribution is 2.29. The van der Waals surface area contributed by atoms with Gasteiger partial charge in [0.25, 0.3) is 0 Å². The number of hydrogen-bond donors (Lipinski definition) is 2. The van der Waals surface area contributed by atoms with Gasteiger partial charge in [-0.15, -0.1) is 0 Å². The lowest BCUT2D eigenvalue weighted by Gasteiger charge is -2.09. The number of carbonyl (C=O) groups excluding carboxylic acids is 1. The summed E-state index contributed by atoms with van der Waals surface area (Å²) in [5, 5.41) is 0. The van der Waals surface area contributed by atoms with Crippen LogP contribution in [0, 0.1) is 29.1 Å². The molecule has 0 atom stereocenters. The Morgan fingerprint density at radius 1 is 1.00 bits per heavy atom. The van der Waals surface area contributed by atoms with Crippen molar-refractivity contribution in [3.05, 3.63) is 29.1 Å². The van der Waals surface area contributed by atoms with Gasteiger partial charge in [-0.05, 0) is 0 Å². The van der Waals surface area contributed by atoms with Crippen molar-refractivity contribution in [3.8, 4) is 5.75 Å². The summed E-state index contributed by atoms with van der Waals surface area (Å²) in [7, 11) is 0. The van der Waals surface area contributed by atoms with Crippen molar-refractivity contribution in [3.63, 3.8) is 0 Å². The molecule has 0 heterocycles. The fraction of sp³-hybridized carbons (Fsp3) is 0.222. The van der Waals surface area contributed by atoms with Gasteiger partial charge in [0.1, 0.15) is 0 Å². The minimum absolute atomic E-state index is 0.524. The molecule has 0 aliphatic carbocycles. The molecule has 0 aromatic heterocycles. The Hall–Kier alpha value is -1.94. The summed E-state index contributed by atoms with van der Waals surface area (Å²) in [5.41, 5.74) is 1.54. The Kier molecular flexibility index (Phi) is 5.01. The van der Waals surface area contributed by atoms with E-state index in [0.717, 1.165) is 0 Å². The average Bonchev–Trinajstić information content (AvgIpc) is 2.38. The first-order valence-corrected chi connectivity index (χ1v) is 4.69. The van der Waals surface area contributed by atoms with E-state index in [1.807, 2.05) is 0 Å². The maximum Gasteiger partial charge on any atom is 0.329 e. The highest BCUT2D eigenvalue weighted by molar-refractivity contribution is 5.69. The molecule has 1 aromatic carbocycles. The summed E-state index contributed by atoms with van der Waals surface area (Å²) in [4.78, 5) is 14.8. The van der Waals surface area contributed by atoms with E-state index in [4.69, 9.17) is 0 Å². The summed E-state index contributed by atoms with van der Waals surface area (Å²) < 4.78 is 68.7. The standard InChI is InChI=1S/C9H7F5N2O3/c10-4-5(11)7(13)9(8(14)6(4)12)18-2-1-3(17)19-16-15/h16H,1-2,15H2. The molecule has 1 rings (SSSR count). The normalized spacial score (nSPS) is 10.4. The van der Waals surface area contributed by atoms with E-state index in [1.54, 1.807) is 5.59 Å². The molecule has 0 aliphatic heterocycles. The van der Waals surface area contributed by atoms with E-state index in [0.29, 0.717) is 0 Å². The first-order valence-electron chi connectivity index (χ1n) is 4.69. The topological polar surface area (TPSA) is 73.6 Å². The first kappa shape index (κ1) is 15.1. The van der Waals surface area contributed by atoms with E-state index in [2.05, 4.69) is 15.4 Å². The lowest BCUT2D eigenvalue weighted by Crippen LogP contribution is -2.27. The Bertz CT molecular complexity index is 468. The number of hydrazine groups is 1. The van der Waals surface area contributed by atoms with Crippen LogP contribution in [0.15, 0.2) is 0 Å². The number of hydrogen-bond acceptors (Lipinski definition) is 5. The van der Waals surface area contributed by atoms with E-state index in [9.17, 15) is 26.7 Å². The molecule has 0 aliphatic rings. The molecule has 106 valence electrons. The Labute approximate surface area is 103 Å². The first-order chi connectivity index (χ1) is 8.90. The zero-order valence-electron chi connectivity index (χ0n) is 9.11. The predicted molar refractivity (Wildman–Crippen MR) is 49.8 cm³/mol. The van der Waals surface area contributed by atoms with Gasteiger partial charge < -0.3 is 9.57 Å². The number of halogens is 5. The number of carbonyl (C=O) groups is 1. The number of rotatable bonds is 5. The third-order valence-electron chi connectivity index (χ3n) is 1.89. The average molecular weight is 286 g/mol. The number of ether oxygens (including phenoxy) is 1. The third kappa shape index (κ3) is 3.29. The van der Waals surface area contributed by atoms with E-state index in [-0.39, 0.29) is 0 Å². The van der Waals surface area contributed by atoms with Crippen LogP contribution in [0.1, 0.15) is 6.42 Å². The van der Waals surface area contributed by atoms with Crippen LogP contribution >= 0.6 is 0 Å². The molecule has 0 bridgehead atoms. The number of nitrogens with two attached hydrogens (primary N) is 1. The number of nitrogens with one attached hydrogen (secondary N) is 1. The van der Waals surface area contributed by atoms with Gasteiger partial charge in [0.2, 0.25) is 29.1 Å². The van der Waals surface area contributed by atoms with Crippen molar-refractivity contribution >= 4 is 5.97 Å². The van der Waals surface area contributed by atoms with Gasteiger partial charge in [-0.1, -0.05) is 5.59 Å². The molecule has 0 spiro atoms. The van der Waals surface area contributed by atoms with E-state index < -0.39 is 53.8 Å². The predicted octanol–water partition coefficient (Wildman–Crippen LogP) is 1.07. The second-order valence-electron chi connectivity index (χ2n) is 3.09. The van der Waals surface area contributed by atoms with Gasteiger partial charge in [0.15, 0.2) is 5.75 Å². The molecule has 0 radical (unpaired) electrons. The molecule has 0 unspecified atom stereocenters. The summed E-state index contributed by atoms with van der Waals surface area (Å²) in [6, 6.07) is 0. The minimum Gasteiger partial charge on any atom is -0.487 e. The van der Waals surface area contributed by atoms with Crippen LogP contribution in [0.5, 0.6) is 5.75 Å². The van der Waals surface area contributed by atoms with Crippen molar-refractivity contribution < 1.29 is 36.3 Å². The van der Waals surface area contributed by atoms with E-state index >= 15 is 0 Å². The lowest BCUT2D eigenvalue weighted by molar-refractivity contribution is -0.151. The largest absolute Gasteiger partial charge is 0.487 e. The van der Waals surface area contributed by atoms with Crippen molar-refractivity contribution in [1.82, 2.24) is 5.59 Å². The third-order valence-corrected chi connectivity index (χ3v) is 1.89. The molecule has 19 heavy (non-hydrogen) atoms. The summed E-state index contributed by atoms with van der Waals surface area (Å²) >= 11 is 0. The van der Waals surface area contributed by atoms with Crippen LogP contribution in [-0.4, -0.2) is 12.6 Å². The second kappa shape index (κ2) is 6.29. The smallest absolute Gasteiger partial charge is 0.329 e. The van der Waals surface area contributed by atoms with Crippen LogP contribution in [0.2, 0.25) is 0 Å². The van der Waals surface area contributed by atoms with Gasteiger partial charge in [-0.25, -0.2) is 19.0 Å². The second-order valence-corrected chi connectivity index (χ2v) is 3.09. The monoisotopic (exact) mass is 286 g/mol.